The van der Waals surface area contributed by atoms with E-state index in [1.54, 1.807) is 42.5 Å². The van der Waals surface area contributed by atoms with Gasteiger partial charge in [-0.05, 0) is 31.2 Å². The van der Waals surface area contributed by atoms with Crippen LogP contribution in [-0.4, -0.2) is 56.2 Å². The van der Waals surface area contributed by atoms with Crippen molar-refractivity contribution in [3.63, 3.8) is 0 Å². The van der Waals surface area contributed by atoms with Gasteiger partial charge < -0.3 is 19.6 Å². The van der Waals surface area contributed by atoms with E-state index in [9.17, 15) is 4.79 Å². The van der Waals surface area contributed by atoms with Gasteiger partial charge in [0.25, 0.3) is 12.4 Å². The Balaban J connectivity index is 0.000000913. The number of pyridine rings is 1. The smallest absolute Gasteiger partial charge is 0.291 e. The molecule has 0 aliphatic rings. The highest BCUT2D eigenvalue weighted by Crippen LogP contribution is 2.27. The predicted molar refractivity (Wildman–Crippen MR) is 115 cm³/mol. The first kappa shape index (κ1) is 22.4. The molecule has 0 bridgehead atoms. The summed E-state index contributed by atoms with van der Waals surface area (Å²) in [7, 11) is 1.63. The van der Waals surface area contributed by atoms with Crippen LogP contribution >= 0.6 is 0 Å². The lowest BCUT2D eigenvalue weighted by Gasteiger charge is -2.03. The number of carbonyl (C=O) groups excluding carboxylic acids is 1. The minimum absolute atomic E-state index is 0.192. The van der Waals surface area contributed by atoms with Crippen LogP contribution in [-0.2, 0) is 16.1 Å². The summed E-state index contributed by atoms with van der Waals surface area (Å²) >= 11 is 0. The molecule has 3 N–H and O–H groups in total. The summed E-state index contributed by atoms with van der Waals surface area (Å²) in [6.45, 7) is 2.67. The second-order valence-electron chi connectivity index (χ2n) is 6.47. The van der Waals surface area contributed by atoms with Crippen molar-refractivity contribution in [1.82, 2.24) is 25.0 Å². The van der Waals surface area contributed by atoms with Gasteiger partial charge in [0.2, 0.25) is 0 Å². The van der Waals surface area contributed by atoms with Gasteiger partial charge in [0.15, 0.2) is 5.76 Å². The van der Waals surface area contributed by atoms with E-state index in [1.807, 2.05) is 25.1 Å². The number of hydrogen-bond donors (Lipinski definition) is 3. The lowest BCUT2D eigenvalue weighted by atomic mass is 10.2. The summed E-state index contributed by atoms with van der Waals surface area (Å²) in [5.74, 6) is 0.389. The number of carbonyl (C=O) groups is 2. The molecule has 0 aliphatic heterocycles. The lowest BCUT2D eigenvalue weighted by molar-refractivity contribution is -0.122. The molecule has 0 fully saturated rings. The highest BCUT2D eigenvalue weighted by molar-refractivity contribution is 6.04. The number of anilines is 1. The van der Waals surface area contributed by atoms with Crippen molar-refractivity contribution in [2.45, 2.75) is 13.5 Å². The number of furan rings is 1. The van der Waals surface area contributed by atoms with Crippen LogP contribution in [0.3, 0.4) is 0 Å². The number of hydrogen-bond acceptors (Lipinski definition) is 7. The number of ether oxygens (including phenoxy) is 1. The van der Waals surface area contributed by atoms with E-state index >= 15 is 0 Å². The molecule has 0 saturated carbocycles. The molecule has 166 valence electrons. The van der Waals surface area contributed by atoms with E-state index in [1.165, 1.54) is 0 Å². The van der Waals surface area contributed by atoms with Crippen LogP contribution < -0.4 is 5.32 Å². The van der Waals surface area contributed by atoms with E-state index in [0.29, 0.717) is 36.0 Å². The molecule has 4 rings (SSSR count). The number of carboxylic acid groups (broad SMARTS) is 1. The molecule has 0 spiro atoms. The number of H-pyrrole nitrogens is 1. The molecule has 0 aliphatic carbocycles. The third-order valence-electron chi connectivity index (χ3n) is 4.37. The van der Waals surface area contributed by atoms with Gasteiger partial charge in [-0.2, -0.15) is 10.2 Å². The van der Waals surface area contributed by atoms with Gasteiger partial charge in [0, 0.05) is 25.7 Å². The maximum absolute atomic E-state index is 12.8. The summed E-state index contributed by atoms with van der Waals surface area (Å²) in [4.78, 5) is 25.5. The Morgan fingerprint density at radius 2 is 2.16 bits per heavy atom. The highest BCUT2D eigenvalue weighted by atomic mass is 16.5. The van der Waals surface area contributed by atoms with Gasteiger partial charge in [-0.3, -0.25) is 24.4 Å². The molecule has 0 unspecified atom stereocenters. The number of nitrogens with one attached hydrogen (secondary N) is 2. The predicted octanol–water partition coefficient (Wildman–Crippen LogP) is 2.84. The Hall–Kier alpha value is -4.25. The molecule has 0 radical (unpaired) electrons. The fourth-order valence-corrected chi connectivity index (χ4v) is 2.90. The van der Waals surface area contributed by atoms with Crippen molar-refractivity contribution in [3.8, 4) is 22.7 Å². The molecule has 0 saturated heterocycles. The summed E-state index contributed by atoms with van der Waals surface area (Å²) < 4.78 is 12.6. The van der Waals surface area contributed by atoms with Crippen molar-refractivity contribution in [3.05, 3.63) is 60.4 Å². The summed E-state index contributed by atoms with van der Waals surface area (Å²) in [5.41, 5.74) is 3.39. The zero-order valence-corrected chi connectivity index (χ0v) is 17.5. The number of nitrogens with zero attached hydrogens (tertiary/aromatic N) is 4. The van der Waals surface area contributed by atoms with Crippen LogP contribution in [0.2, 0.25) is 0 Å². The SMILES string of the molecule is COCCn1cc(NC(=O)c2ccc(-c3c[nH]nc3C)o2)c(-c2ccccn2)n1.O=CO. The zero-order chi connectivity index (χ0) is 22.9. The quantitative estimate of drug-likeness (QED) is 0.373. The number of aromatic nitrogens is 5. The van der Waals surface area contributed by atoms with E-state index < -0.39 is 0 Å². The number of aromatic amines is 1. The second-order valence-corrected chi connectivity index (χ2v) is 6.47. The van der Waals surface area contributed by atoms with Crippen LogP contribution in [0.25, 0.3) is 22.7 Å². The van der Waals surface area contributed by atoms with Crippen molar-refractivity contribution >= 4 is 18.1 Å². The molecule has 0 atom stereocenters. The van der Waals surface area contributed by atoms with Crippen molar-refractivity contribution in [2.24, 2.45) is 0 Å². The molecule has 0 aromatic carbocycles. The van der Waals surface area contributed by atoms with E-state index in [4.69, 9.17) is 19.1 Å². The molecule has 4 aromatic heterocycles. The first-order chi connectivity index (χ1) is 15.6. The summed E-state index contributed by atoms with van der Waals surface area (Å²) in [6.07, 6.45) is 5.17. The number of aryl methyl sites for hydroxylation is 1. The zero-order valence-electron chi connectivity index (χ0n) is 17.5. The van der Waals surface area contributed by atoms with Gasteiger partial charge in [-0.15, -0.1) is 0 Å². The molecule has 11 nitrogen and oxygen atoms in total. The number of amides is 1. The maximum Gasteiger partial charge on any atom is 0.291 e. The normalized spacial score (nSPS) is 10.3. The average molecular weight is 438 g/mol. The van der Waals surface area contributed by atoms with Gasteiger partial charge in [0.1, 0.15) is 11.5 Å². The fourth-order valence-electron chi connectivity index (χ4n) is 2.90. The van der Waals surface area contributed by atoms with Gasteiger partial charge in [0.05, 0.1) is 35.8 Å². The second kappa shape index (κ2) is 10.7. The van der Waals surface area contributed by atoms with E-state index in [-0.39, 0.29) is 18.1 Å². The average Bonchev–Trinajstić information content (AvgIpc) is 3.53. The summed E-state index contributed by atoms with van der Waals surface area (Å²) in [5, 5.41) is 21.2. The standard InChI is InChI=1S/C20H20N6O3.CH2O2/c1-13-14(11-22-24-13)17-6-7-18(29-17)20(27)23-16-12-26(9-10-28-2)25-19(16)15-5-3-4-8-21-15;2-1-3/h3-8,11-12H,9-10H2,1-2H3,(H,22,24)(H,23,27);1H,(H,2,3). The fraction of sp³-hybridized carbons (Fsp3) is 0.190. The third kappa shape index (κ3) is 5.26. The maximum atomic E-state index is 12.8. The van der Waals surface area contributed by atoms with E-state index in [2.05, 4.69) is 25.6 Å². The van der Waals surface area contributed by atoms with Gasteiger partial charge in [-0.25, -0.2) is 0 Å². The van der Waals surface area contributed by atoms with Crippen LogP contribution in [0.5, 0.6) is 0 Å². The number of rotatable bonds is 7. The monoisotopic (exact) mass is 438 g/mol. The minimum atomic E-state index is -0.374. The minimum Gasteiger partial charge on any atom is -0.483 e. The van der Waals surface area contributed by atoms with Crippen LogP contribution in [0.1, 0.15) is 16.2 Å². The first-order valence-corrected chi connectivity index (χ1v) is 9.55. The Morgan fingerprint density at radius 3 is 2.81 bits per heavy atom. The molecule has 32 heavy (non-hydrogen) atoms. The number of methoxy groups -OCH3 is 1. The third-order valence-corrected chi connectivity index (χ3v) is 4.37. The van der Waals surface area contributed by atoms with Crippen LogP contribution in [0, 0.1) is 6.92 Å². The Kier molecular flexibility index (Phi) is 7.49. The molecule has 4 aromatic rings. The molecular weight excluding hydrogens is 416 g/mol. The molecule has 4 heterocycles. The lowest BCUT2D eigenvalue weighted by Crippen LogP contribution is -2.11. The van der Waals surface area contributed by atoms with Crippen molar-refractivity contribution in [1.29, 1.82) is 0 Å². The summed E-state index contributed by atoms with van der Waals surface area (Å²) in [6, 6.07) is 8.91. The van der Waals surface area contributed by atoms with Gasteiger partial charge in [-0.1, -0.05) is 6.07 Å². The molecular formula is C21H22N6O5. The highest BCUT2D eigenvalue weighted by Gasteiger charge is 2.19. The van der Waals surface area contributed by atoms with Crippen molar-refractivity contribution < 1.29 is 23.8 Å². The Labute approximate surface area is 183 Å². The van der Waals surface area contributed by atoms with Crippen LogP contribution in [0.15, 0.2) is 53.3 Å². The van der Waals surface area contributed by atoms with E-state index in [0.717, 1.165) is 11.3 Å². The molecule has 11 heteroatoms. The van der Waals surface area contributed by atoms with Gasteiger partial charge >= 0.3 is 0 Å². The topological polar surface area (TPSA) is 148 Å². The Bertz CT molecular complexity index is 1160. The van der Waals surface area contributed by atoms with Crippen molar-refractivity contribution in [2.75, 3.05) is 19.0 Å². The van der Waals surface area contributed by atoms with Crippen LogP contribution in [0.4, 0.5) is 5.69 Å². The first-order valence-electron chi connectivity index (χ1n) is 9.55. The Morgan fingerprint density at radius 1 is 1.34 bits per heavy atom. The largest absolute Gasteiger partial charge is 0.483 e. The molecule has 1 amide bonds.